The number of hydrogen-bond donors (Lipinski definition) is 1. The van der Waals surface area contributed by atoms with Crippen LogP contribution in [0.3, 0.4) is 0 Å². The molecule has 2 heterocycles. The third-order valence-electron chi connectivity index (χ3n) is 3.53. The lowest BCUT2D eigenvalue weighted by Crippen LogP contribution is -2.57. The fourth-order valence-electron chi connectivity index (χ4n) is 2.61. The molecule has 0 aromatic carbocycles. The van der Waals surface area contributed by atoms with E-state index in [1.807, 2.05) is 17.0 Å². The standard InChI is InChI=1S/C15H23N3O/c1-11(2)7-14-9-17-12(3)10-18(14)15(19)13-5-4-6-16-8-13/h4-6,8,11-12,14,17H,7,9-10H2,1-3H3. The van der Waals surface area contributed by atoms with Crippen LogP contribution in [0.25, 0.3) is 0 Å². The molecule has 1 fully saturated rings. The minimum absolute atomic E-state index is 0.104. The number of aromatic nitrogens is 1. The Morgan fingerprint density at radius 3 is 3.00 bits per heavy atom. The molecule has 2 unspecified atom stereocenters. The first-order valence-electron chi connectivity index (χ1n) is 7.02. The Kier molecular flexibility index (Phi) is 4.53. The Hall–Kier alpha value is -1.42. The van der Waals surface area contributed by atoms with E-state index >= 15 is 0 Å². The number of hydrogen-bond acceptors (Lipinski definition) is 3. The number of pyridine rings is 1. The second kappa shape index (κ2) is 6.15. The molecule has 1 aromatic rings. The second-order valence-electron chi connectivity index (χ2n) is 5.79. The van der Waals surface area contributed by atoms with Crippen LogP contribution in [0.5, 0.6) is 0 Å². The highest BCUT2D eigenvalue weighted by molar-refractivity contribution is 5.94. The molecule has 2 rings (SSSR count). The lowest BCUT2D eigenvalue weighted by atomic mass is 9.98. The fourth-order valence-corrected chi connectivity index (χ4v) is 2.61. The molecule has 4 heteroatoms. The van der Waals surface area contributed by atoms with Gasteiger partial charge in [0.15, 0.2) is 0 Å². The van der Waals surface area contributed by atoms with Gasteiger partial charge in [-0.05, 0) is 31.4 Å². The number of carbonyl (C=O) groups excluding carboxylic acids is 1. The average Bonchev–Trinajstić information content (AvgIpc) is 2.40. The lowest BCUT2D eigenvalue weighted by Gasteiger charge is -2.40. The molecular formula is C15H23N3O. The van der Waals surface area contributed by atoms with Gasteiger partial charge >= 0.3 is 0 Å². The number of nitrogens with zero attached hydrogens (tertiary/aromatic N) is 2. The maximum absolute atomic E-state index is 12.6. The smallest absolute Gasteiger partial charge is 0.255 e. The van der Waals surface area contributed by atoms with E-state index in [4.69, 9.17) is 0 Å². The largest absolute Gasteiger partial charge is 0.333 e. The minimum atomic E-state index is 0.104. The van der Waals surface area contributed by atoms with Crippen LogP contribution >= 0.6 is 0 Å². The number of carbonyl (C=O) groups is 1. The molecule has 4 nitrogen and oxygen atoms in total. The van der Waals surface area contributed by atoms with Crippen molar-refractivity contribution in [3.05, 3.63) is 30.1 Å². The van der Waals surface area contributed by atoms with Crippen molar-refractivity contribution in [3.8, 4) is 0 Å². The van der Waals surface area contributed by atoms with Gasteiger partial charge in [-0.2, -0.15) is 0 Å². The highest BCUT2D eigenvalue weighted by Gasteiger charge is 2.30. The van der Waals surface area contributed by atoms with Crippen molar-refractivity contribution >= 4 is 5.91 Å². The van der Waals surface area contributed by atoms with Crippen molar-refractivity contribution in [2.24, 2.45) is 5.92 Å². The van der Waals surface area contributed by atoms with E-state index in [1.165, 1.54) is 0 Å². The SMILES string of the molecule is CC(C)CC1CNC(C)CN1C(=O)c1cccnc1. The van der Waals surface area contributed by atoms with E-state index in [-0.39, 0.29) is 11.9 Å². The quantitative estimate of drug-likeness (QED) is 0.904. The van der Waals surface area contributed by atoms with Crippen molar-refractivity contribution in [1.29, 1.82) is 0 Å². The van der Waals surface area contributed by atoms with E-state index < -0.39 is 0 Å². The second-order valence-corrected chi connectivity index (χ2v) is 5.79. The van der Waals surface area contributed by atoms with Crippen molar-refractivity contribution < 1.29 is 4.79 Å². The molecule has 1 saturated heterocycles. The number of nitrogens with one attached hydrogen (secondary N) is 1. The summed E-state index contributed by atoms with van der Waals surface area (Å²) in [5, 5.41) is 3.46. The van der Waals surface area contributed by atoms with Gasteiger partial charge in [0.1, 0.15) is 0 Å². The molecule has 0 bridgehead atoms. The summed E-state index contributed by atoms with van der Waals surface area (Å²) in [5.74, 6) is 0.691. The molecule has 0 radical (unpaired) electrons. The Morgan fingerprint density at radius 1 is 1.58 bits per heavy atom. The summed E-state index contributed by atoms with van der Waals surface area (Å²) in [4.78, 5) is 18.6. The molecule has 19 heavy (non-hydrogen) atoms. The summed E-state index contributed by atoms with van der Waals surface area (Å²) < 4.78 is 0. The van der Waals surface area contributed by atoms with Gasteiger partial charge in [0, 0.05) is 37.6 Å². The molecule has 0 aliphatic carbocycles. The third kappa shape index (κ3) is 3.53. The number of rotatable bonds is 3. The normalized spacial score (nSPS) is 23.7. The van der Waals surface area contributed by atoms with Gasteiger partial charge in [0.25, 0.3) is 5.91 Å². The molecular weight excluding hydrogens is 238 g/mol. The molecule has 0 spiro atoms. The molecule has 2 atom stereocenters. The molecule has 1 aromatic heterocycles. The predicted molar refractivity (Wildman–Crippen MR) is 76.0 cm³/mol. The molecule has 0 saturated carbocycles. The van der Waals surface area contributed by atoms with Gasteiger partial charge in [-0.3, -0.25) is 9.78 Å². The van der Waals surface area contributed by atoms with Crippen LogP contribution in [0, 0.1) is 5.92 Å². The highest BCUT2D eigenvalue weighted by atomic mass is 16.2. The van der Waals surface area contributed by atoms with Gasteiger partial charge in [0.2, 0.25) is 0 Å². The third-order valence-corrected chi connectivity index (χ3v) is 3.53. The van der Waals surface area contributed by atoms with E-state index in [0.29, 0.717) is 17.5 Å². The van der Waals surface area contributed by atoms with Gasteiger partial charge < -0.3 is 10.2 Å². The zero-order chi connectivity index (χ0) is 13.8. The first-order valence-corrected chi connectivity index (χ1v) is 7.02. The topological polar surface area (TPSA) is 45.2 Å². The summed E-state index contributed by atoms with van der Waals surface area (Å²) in [6, 6.07) is 4.29. The minimum Gasteiger partial charge on any atom is -0.333 e. The zero-order valence-electron chi connectivity index (χ0n) is 12.0. The molecule has 1 aliphatic rings. The van der Waals surface area contributed by atoms with Crippen LogP contribution in [0.1, 0.15) is 37.6 Å². The summed E-state index contributed by atoms with van der Waals surface area (Å²) in [5.41, 5.74) is 0.686. The fraction of sp³-hybridized carbons (Fsp3) is 0.600. The van der Waals surface area contributed by atoms with Crippen LogP contribution < -0.4 is 5.32 Å². The average molecular weight is 261 g/mol. The van der Waals surface area contributed by atoms with E-state index in [0.717, 1.165) is 19.5 Å². The first-order chi connectivity index (χ1) is 9.08. The van der Waals surface area contributed by atoms with Gasteiger partial charge in [-0.15, -0.1) is 0 Å². The van der Waals surface area contributed by atoms with Crippen molar-refractivity contribution in [2.75, 3.05) is 13.1 Å². The Balaban J connectivity index is 2.15. The van der Waals surface area contributed by atoms with Gasteiger partial charge in [-0.25, -0.2) is 0 Å². The maximum atomic E-state index is 12.6. The predicted octanol–water partition coefficient (Wildman–Crippen LogP) is 1.93. The van der Waals surface area contributed by atoms with E-state index in [9.17, 15) is 4.79 Å². The summed E-state index contributed by atoms with van der Waals surface area (Å²) in [7, 11) is 0. The van der Waals surface area contributed by atoms with Crippen LogP contribution in [0.4, 0.5) is 0 Å². The first kappa shape index (κ1) is 14.0. The highest BCUT2D eigenvalue weighted by Crippen LogP contribution is 2.18. The summed E-state index contributed by atoms with van der Waals surface area (Å²) in [6.07, 6.45) is 4.38. The molecule has 1 N–H and O–H groups in total. The van der Waals surface area contributed by atoms with Crippen molar-refractivity contribution in [1.82, 2.24) is 15.2 Å². The molecule has 1 aliphatic heterocycles. The Morgan fingerprint density at radius 2 is 2.37 bits per heavy atom. The van der Waals surface area contributed by atoms with Crippen molar-refractivity contribution in [2.45, 2.75) is 39.3 Å². The molecule has 1 amide bonds. The van der Waals surface area contributed by atoms with Crippen molar-refractivity contribution in [3.63, 3.8) is 0 Å². The zero-order valence-corrected chi connectivity index (χ0v) is 12.0. The Bertz CT molecular complexity index is 419. The van der Waals surface area contributed by atoms with Crippen LogP contribution in [-0.2, 0) is 0 Å². The van der Waals surface area contributed by atoms with Crippen LogP contribution in [0.2, 0.25) is 0 Å². The Labute approximate surface area is 115 Å². The lowest BCUT2D eigenvalue weighted by molar-refractivity contribution is 0.0563. The number of amides is 1. The van der Waals surface area contributed by atoms with Gasteiger partial charge in [-0.1, -0.05) is 13.8 Å². The van der Waals surface area contributed by atoms with Gasteiger partial charge in [0.05, 0.1) is 5.56 Å². The monoisotopic (exact) mass is 261 g/mol. The van der Waals surface area contributed by atoms with Crippen LogP contribution in [0.15, 0.2) is 24.5 Å². The number of piperazine rings is 1. The molecule has 104 valence electrons. The maximum Gasteiger partial charge on any atom is 0.255 e. The van der Waals surface area contributed by atoms with Crippen LogP contribution in [-0.4, -0.2) is 41.0 Å². The summed E-state index contributed by atoms with van der Waals surface area (Å²) >= 11 is 0. The van der Waals surface area contributed by atoms with E-state index in [1.54, 1.807) is 12.4 Å². The summed E-state index contributed by atoms with van der Waals surface area (Å²) in [6.45, 7) is 8.17. The van der Waals surface area contributed by atoms with E-state index in [2.05, 4.69) is 31.1 Å².